The largest absolute Gasteiger partial charge is 0.298 e. The van der Waals surface area contributed by atoms with Crippen molar-refractivity contribution in [2.24, 2.45) is 23.4 Å². The average molecular weight is 448 g/mol. The normalized spacial score (nSPS) is 22.6. The molecule has 8 heteroatoms. The van der Waals surface area contributed by atoms with Gasteiger partial charge in [0.2, 0.25) is 5.91 Å². The number of nitrogens with zero attached hydrogens (tertiary/aromatic N) is 3. The lowest BCUT2D eigenvalue weighted by Crippen LogP contribution is -2.33. The van der Waals surface area contributed by atoms with E-state index < -0.39 is 34.5 Å². The van der Waals surface area contributed by atoms with Gasteiger partial charge in [-0.05, 0) is 40.0 Å². The topological polar surface area (TPSA) is 73.4 Å². The molecule has 1 aromatic carbocycles. The zero-order valence-electron chi connectivity index (χ0n) is 15.9. The molecular weight excluding hydrogens is 429 g/mol. The highest BCUT2D eigenvalue weighted by molar-refractivity contribution is 9.10. The van der Waals surface area contributed by atoms with Gasteiger partial charge in [0, 0.05) is 31.0 Å². The molecule has 1 aliphatic heterocycles. The van der Waals surface area contributed by atoms with Crippen molar-refractivity contribution >= 4 is 39.1 Å². The maximum atomic E-state index is 13.8. The van der Waals surface area contributed by atoms with E-state index in [0.717, 1.165) is 4.68 Å². The maximum absolute atomic E-state index is 13.8. The van der Waals surface area contributed by atoms with E-state index in [4.69, 9.17) is 0 Å². The van der Waals surface area contributed by atoms with Crippen LogP contribution < -0.4 is 5.56 Å². The van der Waals surface area contributed by atoms with Crippen LogP contribution in [-0.2, 0) is 11.8 Å². The summed E-state index contributed by atoms with van der Waals surface area (Å²) < 4.78 is 16.5. The second kappa shape index (κ2) is 6.07. The van der Waals surface area contributed by atoms with Gasteiger partial charge in [0.1, 0.15) is 11.6 Å². The molecule has 2 unspecified atom stereocenters. The number of ketones is 1. The minimum atomic E-state index is -0.618. The number of carbonyl (C=O) groups excluding carboxylic acids is 2. The number of carbonyl (C=O) groups is 2. The molecule has 2 aromatic rings. The van der Waals surface area contributed by atoms with Crippen molar-refractivity contribution in [3.05, 3.63) is 50.0 Å². The molecule has 146 valence electrons. The molecular formula is C20H19BrFN3O3. The van der Waals surface area contributed by atoms with E-state index in [-0.39, 0.29) is 10.3 Å². The van der Waals surface area contributed by atoms with Crippen LogP contribution in [0, 0.1) is 17.2 Å². The van der Waals surface area contributed by atoms with E-state index in [0.29, 0.717) is 29.1 Å². The first-order valence-electron chi connectivity index (χ1n) is 8.94. The number of benzene rings is 1. The minimum absolute atomic E-state index is 0.0000227. The molecule has 6 nitrogen and oxygen atoms in total. The molecule has 2 heterocycles. The molecule has 0 bridgehead atoms. The molecule has 2 aliphatic rings. The number of aromatic nitrogens is 2. The van der Waals surface area contributed by atoms with Gasteiger partial charge < -0.3 is 0 Å². The Morgan fingerprint density at radius 1 is 1.29 bits per heavy atom. The monoisotopic (exact) mass is 447 g/mol. The lowest BCUT2D eigenvalue weighted by Gasteiger charge is -2.27. The quantitative estimate of drug-likeness (QED) is 0.670. The van der Waals surface area contributed by atoms with Crippen LogP contribution in [-0.4, -0.2) is 26.8 Å². The number of hydrogen-bond acceptors (Lipinski definition) is 4. The van der Waals surface area contributed by atoms with Crippen LogP contribution in [0.2, 0.25) is 0 Å². The van der Waals surface area contributed by atoms with Gasteiger partial charge in [0.15, 0.2) is 5.82 Å². The van der Waals surface area contributed by atoms with Crippen LogP contribution in [0.15, 0.2) is 32.5 Å². The fourth-order valence-electron chi connectivity index (χ4n) is 4.42. The van der Waals surface area contributed by atoms with E-state index in [1.807, 2.05) is 13.8 Å². The molecule has 0 spiro atoms. The summed E-state index contributed by atoms with van der Waals surface area (Å²) in [5.41, 5.74) is 0.549. The van der Waals surface area contributed by atoms with Gasteiger partial charge in [-0.25, -0.2) is 9.38 Å². The molecule has 1 saturated carbocycles. The number of rotatable bonds is 1. The van der Waals surface area contributed by atoms with E-state index in [1.54, 1.807) is 19.2 Å². The van der Waals surface area contributed by atoms with Crippen molar-refractivity contribution in [3.63, 3.8) is 0 Å². The van der Waals surface area contributed by atoms with Crippen LogP contribution in [0.1, 0.15) is 49.0 Å². The van der Waals surface area contributed by atoms with Crippen LogP contribution >= 0.6 is 15.9 Å². The molecule has 2 atom stereocenters. The minimum Gasteiger partial charge on any atom is -0.298 e. The number of Topliss-reactive ketones (excluding diaryl/α,β-unsaturated/α-hetero) is 1. The Balaban J connectivity index is 2.05. The van der Waals surface area contributed by atoms with Crippen molar-refractivity contribution in [3.8, 4) is 0 Å². The molecule has 0 amide bonds. The lowest BCUT2D eigenvalue weighted by molar-refractivity contribution is -0.127. The molecule has 0 N–H and O–H groups in total. The smallest absolute Gasteiger partial charge is 0.280 e. The van der Waals surface area contributed by atoms with E-state index >= 15 is 0 Å². The average Bonchev–Trinajstić information content (AvgIpc) is 2.99. The fourth-order valence-corrected chi connectivity index (χ4v) is 4.81. The number of aliphatic imine (C=N–C) groups is 1. The molecule has 1 aromatic heterocycles. The van der Waals surface area contributed by atoms with Crippen molar-refractivity contribution in [2.45, 2.75) is 33.1 Å². The van der Waals surface area contributed by atoms with Crippen LogP contribution in [0.25, 0.3) is 0 Å². The highest BCUT2D eigenvalue weighted by Gasteiger charge is 2.52. The van der Waals surface area contributed by atoms with Crippen molar-refractivity contribution in [1.29, 1.82) is 0 Å². The predicted molar refractivity (Wildman–Crippen MR) is 106 cm³/mol. The number of hydrogen-bond donors (Lipinski definition) is 0. The van der Waals surface area contributed by atoms with Crippen molar-refractivity contribution < 1.29 is 14.0 Å². The Morgan fingerprint density at radius 3 is 2.57 bits per heavy atom. The van der Waals surface area contributed by atoms with Gasteiger partial charge in [-0.2, -0.15) is 4.68 Å². The Morgan fingerprint density at radius 2 is 1.96 bits per heavy atom. The first-order chi connectivity index (χ1) is 13.0. The van der Waals surface area contributed by atoms with Gasteiger partial charge in [-0.15, -0.1) is 0 Å². The number of fused-ring (bicyclic) bond motifs is 2. The maximum Gasteiger partial charge on any atom is 0.280 e. The third-order valence-electron chi connectivity index (χ3n) is 5.70. The summed E-state index contributed by atoms with van der Waals surface area (Å²) >= 11 is 3.19. The van der Waals surface area contributed by atoms with Gasteiger partial charge in [0.25, 0.3) is 5.56 Å². The summed E-state index contributed by atoms with van der Waals surface area (Å²) in [6.45, 7) is 5.04. The molecule has 4 rings (SSSR count). The Kier molecular flexibility index (Phi) is 4.12. The first kappa shape index (κ1) is 19.0. The van der Waals surface area contributed by atoms with E-state index in [1.165, 1.54) is 17.7 Å². The first-order valence-corrected chi connectivity index (χ1v) is 9.73. The second-order valence-corrected chi connectivity index (χ2v) is 8.91. The zero-order chi connectivity index (χ0) is 20.5. The lowest BCUT2D eigenvalue weighted by atomic mass is 9.76. The van der Waals surface area contributed by atoms with Crippen LogP contribution in [0.4, 0.5) is 10.2 Å². The standard InChI is InChI=1S/C20H19BrFN3O3/c1-9(26)25-19(28)16-14(10-5-6-12(22)11(21)7-10)15-13(23-18(16)24(25)4)8-20(2,3)17(15)27/h5-7,14-15H,8H2,1-4H3. The highest BCUT2D eigenvalue weighted by atomic mass is 79.9. The SMILES string of the molecule is CC(=O)n1c(=O)c2c(n1C)N=C1CC(C)(C)C(=O)C1C2c1ccc(F)c(Br)c1. The summed E-state index contributed by atoms with van der Waals surface area (Å²) in [5.74, 6) is -1.70. The molecule has 28 heavy (non-hydrogen) atoms. The van der Waals surface area contributed by atoms with Crippen LogP contribution in [0.5, 0.6) is 0 Å². The van der Waals surface area contributed by atoms with Gasteiger partial charge in [-0.3, -0.25) is 19.1 Å². The van der Waals surface area contributed by atoms with Gasteiger partial charge >= 0.3 is 0 Å². The zero-order valence-corrected chi connectivity index (χ0v) is 17.5. The van der Waals surface area contributed by atoms with Gasteiger partial charge in [0.05, 0.1) is 16.0 Å². The molecule has 0 radical (unpaired) electrons. The Labute approximate surface area is 169 Å². The van der Waals surface area contributed by atoms with E-state index in [9.17, 15) is 18.8 Å². The van der Waals surface area contributed by atoms with E-state index in [2.05, 4.69) is 20.9 Å². The van der Waals surface area contributed by atoms with Gasteiger partial charge in [-0.1, -0.05) is 19.9 Å². The third kappa shape index (κ3) is 2.50. The Hall–Kier alpha value is -2.35. The molecule has 0 saturated heterocycles. The predicted octanol–water partition coefficient (Wildman–Crippen LogP) is 3.58. The summed E-state index contributed by atoms with van der Waals surface area (Å²) in [6.07, 6.45) is 0.480. The molecule has 1 aliphatic carbocycles. The summed E-state index contributed by atoms with van der Waals surface area (Å²) in [5, 5.41) is 0. The summed E-state index contributed by atoms with van der Waals surface area (Å²) in [7, 11) is 1.60. The Bertz CT molecular complexity index is 1140. The second-order valence-electron chi connectivity index (χ2n) is 8.05. The highest BCUT2D eigenvalue weighted by Crippen LogP contribution is 2.50. The summed E-state index contributed by atoms with van der Waals surface area (Å²) in [4.78, 5) is 43.0. The fraction of sp³-hybridized carbons (Fsp3) is 0.400. The molecule has 1 fully saturated rings. The van der Waals surface area contributed by atoms with Crippen molar-refractivity contribution in [1.82, 2.24) is 9.36 Å². The van der Waals surface area contributed by atoms with Crippen molar-refractivity contribution in [2.75, 3.05) is 0 Å². The summed E-state index contributed by atoms with van der Waals surface area (Å²) in [6, 6.07) is 4.48. The number of halogens is 2. The van der Waals surface area contributed by atoms with Crippen LogP contribution in [0.3, 0.4) is 0 Å². The third-order valence-corrected chi connectivity index (χ3v) is 6.30.